The number of pyridine rings is 1. The second-order valence-corrected chi connectivity index (χ2v) is 4.74. The Balaban J connectivity index is 2.44. The van der Waals surface area contributed by atoms with Crippen molar-refractivity contribution in [1.29, 1.82) is 0 Å². The van der Waals surface area contributed by atoms with E-state index >= 15 is 0 Å². The van der Waals surface area contributed by atoms with Crippen LogP contribution in [0.4, 0.5) is 13.6 Å². The van der Waals surface area contributed by atoms with Crippen molar-refractivity contribution >= 4 is 6.09 Å². The third-order valence-corrected chi connectivity index (χ3v) is 1.84. The summed E-state index contributed by atoms with van der Waals surface area (Å²) in [6, 6.07) is 2.83. The van der Waals surface area contributed by atoms with Gasteiger partial charge in [-0.15, -0.1) is 0 Å². The van der Waals surface area contributed by atoms with Crippen LogP contribution in [0.3, 0.4) is 0 Å². The van der Waals surface area contributed by atoms with Gasteiger partial charge in [-0.25, -0.2) is 9.78 Å². The number of carbonyl (C=O) groups is 1. The molecule has 0 saturated heterocycles. The van der Waals surface area contributed by atoms with Crippen molar-refractivity contribution in [2.24, 2.45) is 0 Å². The van der Waals surface area contributed by atoms with Gasteiger partial charge in [0.2, 0.25) is 5.88 Å². The van der Waals surface area contributed by atoms with Crippen molar-refractivity contribution < 1.29 is 23.0 Å². The molecule has 0 spiro atoms. The Labute approximate surface area is 109 Å². The average molecular weight is 274 g/mol. The van der Waals surface area contributed by atoms with E-state index in [0.717, 1.165) is 0 Å². The van der Waals surface area contributed by atoms with Gasteiger partial charge in [-0.05, 0) is 26.3 Å². The monoisotopic (exact) mass is 274 g/mol. The molecule has 0 aliphatic carbocycles. The highest BCUT2D eigenvalue weighted by molar-refractivity contribution is 5.67. The highest BCUT2D eigenvalue weighted by atomic mass is 19.3. The zero-order valence-corrected chi connectivity index (χ0v) is 10.9. The number of rotatable bonds is 4. The Hall–Kier alpha value is -1.92. The molecule has 0 radical (unpaired) electrons. The number of carbonyl (C=O) groups excluding carboxylic acids is 1. The summed E-state index contributed by atoms with van der Waals surface area (Å²) in [5.41, 5.74) is 0.0737. The second-order valence-electron chi connectivity index (χ2n) is 4.74. The third kappa shape index (κ3) is 6.54. The number of aromatic nitrogens is 1. The van der Waals surface area contributed by atoms with E-state index in [4.69, 9.17) is 4.74 Å². The van der Waals surface area contributed by atoms with Crippen LogP contribution in [-0.2, 0) is 11.3 Å². The number of nitrogens with zero attached hydrogens (tertiary/aromatic N) is 1. The van der Waals surface area contributed by atoms with Gasteiger partial charge in [-0.3, -0.25) is 0 Å². The van der Waals surface area contributed by atoms with Crippen molar-refractivity contribution in [3.8, 4) is 5.88 Å². The minimum Gasteiger partial charge on any atom is -0.444 e. The van der Waals surface area contributed by atoms with Gasteiger partial charge in [0.15, 0.2) is 0 Å². The van der Waals surface area contributed by atoms with Gasteiger partial charge in [-0.2, -0.15) is 8.78 Å². The van der Waals surface area contributed by atoms with Crippen LogP contribution in [-0.4, -0.2) is 23.3 Å². The number of halogens is 2. The lowest BCUT2D eigenvalue weighted by atomic mass is 10.2. The van der Waals surface area contributed by atoms with E-state index in [9.17, 15) is 13.6 Å². The molecule has 1 N–H and O–H groups in total. The molecule has 0 aromatic carbocycles. The fraction of sp³-hybridized carbons (Fsp3) is 0.500. The number of hydrogen-bond acceptors (Lipinski definition) is 4. The van der Waals surface area contributed by atoms with E-state index in [1.165, 1.54) is 18.3 Å². The van der Waals surface area contributed by atoms with Gasteiger partial charge in [0.05, 0.1) is 0 Å². The van der Waals surface area contributed by atoms with Gasteiger partial charge in [0.1, 0.15) is 5.60 Å². The Morgan fingerprint density at radius 1 is 1.42 bits per heavy atom. The maximum Gasteiger partial charge on any atom is 0.407 e. The summed E-state index contributed by atoms with van der Waals surface area (Å²) in [5.74, 6) is -0.170. The van der Waals surface area contributed by atoms with E-state index in [1.807, 2.05) is 0 Å². The first-order valence-corrected chi connectivity index (χ1v) is 5.63. The molecule has 106 valence electrons. The molecule has 5 nitrogen and oxygen atoms in total. The van der Waals surface area contributed by atoms with Gasteiger partial charge >= 0.3 is 12.7 Å². The quantitative estimate of drug-likeness (QED) is 0.917. The van der Waals surface area contributed by atoms with Crippen LogP contribution in [0.2, 0.25) is 0 Å². The lowest BCUT2D eigenvalue weighted by Crippen LogP contribution is -2.32. The SMILES string of the molecule is CC(C)(C)OC(=O)NCc1ccc(OC(F)F)nc1. The lowest BCUT2D eigenvalue weighted by molar-refractivity contribution is -0.0528. The summed E-state index contributed by atoms with van der Waals surface area (Å²) >= 11 is 0. The normalized spacial score (nSPS) is 11.3. The van der Waals surface area contributed by atoms with E-state index in [0.29, 0.717) is 5.56 Å². The number of alkyl halides is 2. The molecule has 1 heterocycles. The maximum absolute atomic E-state index is 11.9. The molecule has 0 bridgehead atoms. The first-order valence-electron chi connectivity index (χ1n) is 5.63. The largest absolute Gasteiger partial charge is 0.444 e. The van der Waals surface area contributed by atoms with Crippen LogP contribution in [0.25, 0.3) is 0 Å². The molecular formula is C12H16F2N2O3. The molecule has 0 unspecified atom stereocenters. The molecule has 0 fully saturated rings. The van der Waals surface area contributed by atoms with E-state index < -0.39 is 18.3 Å². The second kappa shape index (κ2) is 6.31. The molecular weight excluding hydrogens is 258 g/mol. The number of alkyl carbamates (subject to hydrolysis) is 1. The molecule has 0 aliphatic heterocycles. The van der Waals surface area contributed by atoms with Crippen LogP contribution in [0, 0.1) is 0 Å². The molecule has 0 saturated carbocycles. The Kier molecular flexibility index (Phi) is 5.02. The number of nitrogens with one attached hydrogen (secondary N) is 1. The Bertz CT molecular complexity index is 416. The Morgan fingerprint density at radius 3 is 2.58 bits per heavy atom. The summed E-state index contributed by atoms with van der Waals surface area (Å²) in [7, 11) is 0. The van der Waals surface area contributed by atoms with Crippen molar-refractivity contribution in [3.05, 3.63) is 23.9 Å². The molecule has 1 rings (SSSR count). The number of amides is 1. The first kappa shape index (κ1) is 15.1. The van der Waals surface area contributed by atoms with Crippen LogP contribution in [0.5, 0.6) is 5.88 Å². The van der Waals surface area contributed by atoms with E-state index in [2.05, 4.69) is 15.0 Å². The number of ether oxygens (including phenoxy) is 2. The maximum atomic E-state index is 11.9. The summed E-state index contributed by atoms with van der Waals surface area (Å²) < 4.78 is 32.9. The lowest BCUT2D eigenvalue weighted by Gasteiger charge is -2.19. The summed E-state index contributed by atoms with van der Waals surface area (Å²) in [4.78, 5) is 15.0. The minimum atomic E-state index is -2.90. The summed E-state index contributed by atoms with van der Waals surface area (Å²) in [6.07, 6.45) is 0.787. The highest BCUT2D eigenvalue weighted by Crippen LogP contribution is 2.11. The van der Waals surface area contributed by atoms with Crippen LogP contribution in [0.1, 0.15) is 26.3 Å². The highest BCUT2D eigenvalue weighted by Gasteiger charge is 2.15. The minimum absolute atomic E-state index is 0.170. The van der Waals surface area contributed by atoms with E-state index in [1.54, 1.807) is 20.8 Å². The Morgan fingerprint density at radius 2 is 2.11 bits per heavy atom. The van der Waals surface area contributed by atoms with Crippen molar-refractivity contribution in [1.82, 2.24) is 10.3 Å². The van der Waals surface area contributed by atoms with Crippen molar-refractivity contribution in [3.63, 3.8) is 0 Å². The summed E-state index contributed by atoms with van der Waals surface area (Å²) in [5, 5.41) is 2.53. The molecule has 19 heavy (non-hydrogen) atoms. The fourth-order valence-electron chi connectivity index (χ4n) is 1.16. The molecule has 1 aromatic heterocycles. The molecule has 1 aromatic rings. The van der Waals surface area contributed by atoms with Gasteiger partial charge in [-0.1, -0.05) is 6.07 Å². The fourth-order valence-corrected chi connectivity index (χ4v) is 1.16. The van der Waals surface area contributed by atoms with Gasteiger partial charge in [0.25, 0.3) is 0 Å². The molecule has 0 aliphatic rings. The number of hydrogen-bond donors (Lipinski definition) is 1. The predicted octanol–water partition coefficient (Wildman–Crippen LogP) is 2.71. The standard InChI is InChI=1S/C12H16F2N2O3/c1-12(2,3)19-11(17)16-7-8-4-5-9(15-6-8)18-10(13)14/h4-6,10H,7H2,1-3H3,(H,16,17). The smallest absolute Gasteiger partial charge is 0.407 e. The third-order valence-electron chi connectivity index (χ3n) is 1.84. The average Bonchev–Trinajstić information content (AvgIpc) is 2.25. The zero-order valence-electron chi connectivity index (χ0n) is 10.9. The van der Waals surface area contributed by atoms with Gasteiger partial charge in [0, 0.05) is 18.8 Å². The van der Waals surface area contributed by atoms with Crippen molar-refractivity contribution in [2.75, 3.05) is 0 Å². The molecule has 1 amide bonds. The topological polar surface area (TPSA) is 60.5 Å². The molecule has 0 atom stereocenters. The zero-order chi connectivity index (χ0) is 14.5. The van der Waals surface area contributed by atoms with Gasteiger partial charge < -0.3 is 14.8 Å². The first-order chi connectivity index (χ1) is 8.76. The molecule has 7 heteroatoms. The van der Waals surface area contributed by atoms with E-state index in [-0.39, 0.29) is 12.4 Å². The van der Waals surface area contributed by atoms with Crippen LogP contribution < -0.4 is 10.1 Å². The summed E-state index contributed by atoms with van der Waals surface area (Å²) in [6.45, 7) is 2.55. The van der Waals surface area contributed by atoms with Crippen LogP contribution in [0.15, 0.2) is 18.3 Å². The van der Waals surface area contributed by atoms with Crippen molar-refractivity contribution in [2.45, 2.75) is 39.5 Å². The van der Waals surface area contributed by atoms with Crippen LogP contribution >= 0.6 is 0 Å². The predicted molar refractivity (Wildman–Crippen MR) is 63.9 cm³/mol.